The van der Waals surface area contributed by atoms with E-state index >= 15 is 0 Å². The first kappa shape index (κ1) is 15.5. The fraction of sp³-hybridized carbons (Fsp3) is 0.750. The SMILES string of the molecule is Cc1csc(N2CCN(CCOCC(F)(F)F)CC2)n1. The molecule has 1 aliphatic heterocycles. The Kier molecular flexibility index (Phi) is 5.22. The molecular formula is C12H18F3N3OS. The second kappa shape index (κ2) is 6.73. The average molecular weight is 309 g/mol. The van der Waals surface area contributed by atoms with Gasteiger partial charge in [0.05, 0.1) is 12.3 Å². The lowest BCUT2D eigenvalue weighted by molar-refractivity contribution is -0.174. The maximum Gasteiger partial charge on any atom is 0.411 e. The van der Waals surface area contributed by atoms with Crippen molar-refractivity contribution in [3.8, 4) is 0 Å². The van der Waals surface area contributed by atoms with E-state index in [2.05, 4.69) is 19.5 Å². The van der Waals surface area contributed by atoms with Crippen molar-refractivity contribution in [2.45, 2.75) is 13.1 Å². The normalized spacial score (nSPS) is 17.7. The summed E-state index contributed by atoms with van der Waals surface area (Å²) in [6.45, 7) is 4.83. The van der Waals surface area contributed by atoms with E-state index < -0.39 is 12.8 Å². The van der Waals surface area contributed by atoms with Crippen LogP contribution in [-0.2, 0) is 4.74 Å². The first-order chi connectivity index (χ1) is 9.44. The molecule has 0 amide bonds. The zero-order valence-electron chi connectivity index (χ0n) is 11.3. The molecule has 1 aliphatic rings. The largest absolute Gasteiger partial charge is 0.411 e. The molecule has 20 heavy (non-hydrogen) atoms. The quantitative estimate of drug-likeness (QED) is 0.779. The Morgan fingerprint density at radius 3 is 2.55 bits per heavy atom. The fourth-order valence-electron chi connectivity index (χ4n) is 2.03. The van der Waals surface area contributed by atoms with Crippen LogP contribution in [0.15, 0.2) is 5.38 Å². The zero-order chi connectivity index (χ0) is 14.6. The number of nitrogens with zero attached hydrogens (tertiary/aromatic N) is 3. The van der Waals surface area contributed by atoms with Gasteiger partial charge in [-0.15, -0.1) is 11.3 Å². The van der Waals surface area contributed by atoms with E-state index in [0.717, 1.165) is 37.0 Å². The molecule has 0 spiro atoms. The summed E-state index contributed by atoms with van der Waals surface area (Å²) in [5, 5.41) is 3.04. The summed E-state index contributed by atoms with van der Waals surface area (Å²) in [5.41, 5.74) is 1.02. The number of aryl methyl sites for hydroxylation is 1. The van der Waals surface area contributed by atoms with Crippen molar-refractivity contribution < 1.29 is 17.9 Å². The molecule has 1 aromatic rings. The molecule has 0 radical (unpaired) electrons. The highest BCUT2D eigenvalue weighted by Gasteiger charge is 2.27. The van der Waals surface area contributed by atoms with Crippen LogP contribution in [0.3, 0.4) is 0 Å². The van der Waals surface area contributed by atoms with Crippen LogP contribution in [0.2, 0.25) is 0 Å². The van der Waals surface area contributed by atoms with Gasteiger partial charge in [0.25, 0.3) is 0 Å². The molecule has 1 aromatic heterocycles. The molecular weight excluding hydrogens is 291 g/mol. The Morgan fingerprint density at radius 1 is 1.30 bits per heavy atom. The number of hydrogen-bond acceptors (Lipinski definition) is 5. The summed E-state index contributed by atoms with van der Waals surface area (Å²) in [4.78, 5) is 8.77. The summed E-state index contributed by atoms with van der Waals surface area (Å²) >= 11 is 1.63. The molecule has 0 N–H and O–H groups in total. The smallest absolute Gasteiger partial charge is 0.371 e. The van der Waals surface area contributed by atoms with Gasteiger partial charge in [-0.3, -0.25) is 4.90 Å². The number of halogens is 3. The topological polar surface area (TPSA) is 28.6 Å². The molecule has 0 unspecified atom stereocenters. The number of aromatic nitrogens is 1. The second-order valence-electron chi connectivity index (χ2n) is 4.77. The van der Waals surface area contributed by atoms with E-state index in [9.17, 15) is 13.2 Å². The number of thiazole rings is 1. The molecule has 0 aromatic carbocycles. The predicted octanol–water partition coefficient (Wildman–Crippen LogP) is 2.15. The van der Waals surface area contributed by atoms with Crippen LogP contribution in [0.5, 0.6) is 0 Å². The summed E-state index contributed by atoms with van der Waals surface area (Å²) in [6, 6.07) is 0. The van der Waals surface area contributed by atoms with Crippen molar-refractivity contribution in [1.29, 1.82) is 0 Å². The van der Waals surface area contributed by atoms with Crippen molar-refractivity contribution >= 4 is 16.5 Å². The Bertz CT molecular complexity index is 416. The minimum Gasteiger partial charge on any atom is -0.371 e. The average Bonchev–Trinajstić information content (AvgIpc) is 2.81. The van der Waals surface area contributed by atoms with Crippen LogP contribution in [-0.4, -0.2) is 62.0 Å². The van der Waals surface area contributed by atoms with Crippen molar-refractivity contribution in [2.75, 3.05) is 50.8 Å². The molecule has 114 valence electrons. The first-order valence-corrected chi connectivity index (χ1v) is 7.36. The van der Waals surface area contributed by atoms with Gasteiger partial charge in [0, 0.05) is 38.1 Å². The third kappa shape index (κ3) is 4.92. The molecule has 8 heteroatoms. The van der Waals surface area contributed by atoms with Gasteiger partial charge in [0.15, 0.2) is 5.13 Å². The van der Waals surface area contributed by atoms with Crippen molar-refractivity contribution in [1.82, 2.24) is 9.88 Å². The molecule has 0 atom stereocenters. The van der Waals surface area contributed by atoms with E-state index in [1.807, 2.05) is 12.3 Å². The van der Waals surface area contributed by atoms with E-state index in [-0.39, 0.29) is 6.61 Å². The van der Waals surface area contributed by atoms with Crippen LogP contribution in [0.1, 0.15) is 5.69 Å². The molecule has 0 bridgehead atoms. The van der Waals surface area contributed by atoms with Crippen LogP contribution in [0.25, 0.3) is 0 Å². The Morgan fingerprint density at radius 2 is 2.00 bits per heavy atom. The number of rotatable bonds is 5. The molecule has 0 aliphatic carbocycles. The predicted molar refractivity (Wildman–Crippen MR) is 72.4 cm³/mol. The van der Waals surface area contributed by atoms with Gasteiger partial charge in [-0.2, -0.15) is 13.2 Å². The number of hydrogen-bond donors (Lipinski definition) is 0. The minimum atomic E-state index is -4.23. The van der Waals surface area contributed by atoms with Crippen LogP contribution in [0, 0.1) is 6.92 Å². The van der Waals surface area contributed by atoms with Gasteiger partial charge in [-0.05, 0) is 6.92 Å². The maximum atomic E-state index is 11.9. The monoisotopic (exact) mass is 309 g/mol. The highest BCUT2D eigenvalue weighted by molar-refractivity contribution is 7.13. The molecule has 4 nitrogen and oxygen atoms in total. The molecule has 2 heterocycles. The van der Waals surface area contributed by atoms with Crippen molar-refractivity contribution in [2.24, 2.45) is 0 Å². The number of anilines is 1. The lowest BCUT2D eigenvalue weighted by Gasteiger charge is -2.34. The van der Waals surface area contributed by atoms with Crippen LogP contribution >= 0.6 is 11.3 Å². The minimum absolute atomic E-state index is 0.121. The van der Waals surface area contributed by atoms with E-state index in [0.29, 0.717) is 6.54 Å². The van der Waals surface area contributed by atoms with Crippen molar-refractivity contribution in [3.63, 3.8) is 0 Å². The Labute approximate surface area is 120 Å². The lowest BCUT2D eigenvalue weighted by atomic mass is 10.3. The molecule has 0 saturated carbocycles. The summed E-state index contributed by atoms with van der Waals surface area (Å²) in [7, 11) is 0. The molecule has 1 fully saturated rings. The zero-order valence-corrected chi connectivity index (χ0v) is 12.1. The highest BCUT2D eigenvalue weighted by atomic mass is 32.1. The van der Waals surface area contributed by atoms with Crippen LogP contribution < -0.4 is 4.90 Å². The van der Waals surface area contributed by atoms with E-state index in [1.54, 1.807) is 11.3 Å². The first-order valence-electron chi connectivity index (χ1n) is 6.48. The van der Waals surface area contributed by atoms with Gasteiger partial charge in [-0.1, -0.05) is 0 Å². The number of alkyl halides is 3. The Hall–Kier alpha value is -0.860. The summed E-state index contributed by atoms with van der Waals surface area (Å²) < 4.78 is 40.4. The van der Waals surface area contributed by atoms with Crippen molar-refractivity contribution in [3.05, 3.63) is 11.1 Å². The van der Waals surface area contributed by atoms with E-state index in [4.69, 9.17) is 0 Å². The van der Waals surface area contributed by atoms with Gasteiger partial charge >= 0.3 is 6.18 Å². The third-order valence-corrected chi connectivity index (χ3v) is 4.09. The lowest BCUT2D eigenvalue weighted by Crippen LogP contribution is -2.47. The van der Waals surface area contributed by atoms with Crippen LogP contribution in [0.4, 0.5) is 18.3 Å². The number of ether oxygens (including phenoxy) is 1. The van der Waals surface area contributed by atoms with Gasteiger partial charge < -0.3 is 9.64 Å². The number of piperazine rings is 1. The van der Waals surface area contributed by atoms with E-state index in [1.165, 1.54) is 0 Å². The second-order valence-corrected chi connectivity index (χ2v) is 5.60. The Balaban J connectivity index is 1.64. The van der Waals surface area contributed by atoms with Gasteiger partial charge in [-0.25, -0.2) is 4.98 Å². The summed E-state index contributed by atoms with van der Waals surface area (Å²) in [5.74, 6) is 0. The third-order valence-electron chi connectivity index (χ3n) is 3.07. The maximum absolute atomic E-state index is 11.9. The highest BCUT2D eigenvalue weighted by Crippen LogP contribution is 2.21. The molecule has 1 saturated heterocycles. The summed E-state index contributed by atoms with van der Waals surface area (Å²) in [6.07, 6.45) is -4.23. The molecule has 2 rings (SSSR count). The van der Waals surface area contributed by atoms with Gasteiger partial charge in [0.2, 0.25) is 0 Å². The van der Waals surface area contributed by atoms with Gasteiger partial charge in [0.1, 0.15) is 6.61 Å². The fourth-order valence-corrected chi connectivity index (χ4v) is 2.89. The standard InChI is InChI=1S/C12H18F3N3OS/c1-10-8-20-11(16-10)18-4-2-17(3-5-18)6-7-19-9-12(13,14)15/h8H,2-7,9H2,1H3.